The van der Waals surface area contributed by atoms with Gasteiger partial charge in [0.2, 0.25) is 0 Å². The van der Waals surface area contributed by atoms with Crippen molar-refractivity contribution in [3.05, 3.63) is 0 Å². The minimum absolute atomic E-state index is 0. The van der Waals surface area contributed by atoms with Crippen LogP contribution in [0.3, 0.4) is 0 Å². The predicted octanol–water partition coefficient (Wildman–Crippen LogP) is 3.77. The Morgan fingerprint density at radius 3 is 2.46 bits per heavy atom. The monoisotopic (exact) mass is 481 g/mol. The molecule has 2 fully saturated rings. The van der Waals surface area contributed by atoms with Gasteiger partial charge in [0.15, 0.2) is 5.96 Å². The van der Waals surface area contributed by atoms with Gasteiger partial charge in [-0.05, 0) is 43.4 Å². The summed E-state index contributed by atoms with van der Waals surface area (Å²) >= 11 is 0. The van der Waals surface area contributed by atoms with Gasteiger partial charge in [0.25, 0.3) is 0 Å². The van der Waals surface area contributed by atoms with Crippen molar-refractivity contribution in [1.82, 2.24) is 10.2 Å². The summed E-state index contributed by atoms with van der Waals surface area (Å²) < 4.78 is 11.6. The number of ether oxygens (including phenoxy) is 2. The summed E-state index contributed by atoms with van der Waals surface area (Å²) in [7, 11) is 4.03. The molecule has 1 N–H and O–H groups in total. The van der Waals surface area contributed by atoms with E-state index in [1.54, 1.807) is 0 Å². The third-order valence-corrected chi connectivity index (χ3v) is 5.61. The standard InChI is InChI=1S/C20H39N3O2.HI/c1-20(2,3)18-17(7-6-12-25-18)15-22-19(21-4)23(5)11-8-16-9-13-24-14-10-16;/h16-18H,6-15H2,1-5H3,(H,21,22);1H. The largest absolute Gasteiger partial charge is 0.381 e. The molecule has 26 heavy (non-hydrogen) atoms. The molecule has 0 aliphatic carbocycles. The summed E-state index contributed by atoms with van der Waals surface area (Å²) in [6, 6.07) is 0. The lowest BCUT2D eigenvalue weighted by Gasteiger charge is -2.40. The molecule has 0 aromatic rings. The van der Waals surface area contributed by atoms with Crippen molar-refractivity contribution in [2.24, 2.45) is 22.2 Å². The zero-order chi connectivity index (χ0) is 18.3. The van der Waals surface area contributed by atoms with Crippen LogP contribution >= 0.6 is 24.0 Å². The van der Waals surface area contributed by atoms with E-state index in [4.69, 9.17) is 9.47 Å². The first kappa shape index (κ1) is 24.0. The van der Waals surface area contributed by atoms with E-state index in [-0.39, 0.29) is 29.4 Å². The maximum atomic E-state index is 6.10. The molecule has 2 aliphatic heterocycles. The van der Waals surface area contributed by atoms with Gasteiger partial charge in [0.05, 0.1) is 6.10 Å². The SMILES string of the molecule is CN=C(NCC1CCCOC1C(C)(C)C)N(C)CCC1CCOCC1.I. The van der Waals surface area contributed by atoms with Gasteiger partial charge in [-0.3, -0.25) is 4.99 Å². The molecular formula is C20H40IN3O2. The number of halogens is 1. The van der Waals surface area contributed by atoms with E-state index in [0.717, 1.165) is 51.2 Å². The molecule has 2 heterocycles. The van der Waals surface area contributed by atoms with Crippen LogP contribution in [0.4, 0.5) is 0 Å². The minimum atomic E-state index is 0. The highest BCUT2D eigenvalue weighted by atomic mass is 127. The lowest BCUT2D eigenvalue weighted by Crippen LogP contribution is -2.48. The summed E-state index contributed by atoms with van der Waals surface area (Å²) in [6.45, 7) is 11.6. The van der Waals surface area contributed by atoms with Crippen LogP contribution in [0.15, 0.2) is 4.99 Å². The van der Waals surface area contributed by atoms with Crippen LogP contribution in [-0.2, 0) is 9.47 Å². The Labute approximate surface area is 177 Å². The Kier molecular flexibility index (Phi) is 10.8. The molecule has 0 aromatic carbocycles. The molecule has 2 aliphatic rings. The van der Waals surface area contributed by atoms with Crippen LogP contribution in [0.1, 0.15) is 52.9 Å². The Hall–Kier alpha value is -0.0800. The minimum Gasteiger partial charge on any atom is -0.381 e. The first-order chi connectivity index (χ1) is 11.9. The molecule has 2 saturated heterocycles. The summed E-state index contributed by atoms with van der Waals surface area (Å²) in [6.07, 6.45) is 6.34. The smallest absolute Gasteiger partial charge is 0.193 e. The predicted molar refractivity (Wildman–Crippen MR) is 119 cm³/mol. The van der Waals surface area contributed by atoms with Crippen molar-refractivity contribution >= 4 is 29.9 Å². The first-order valence-electron chi connectivity index (χ1n) is 10.0. The highest BCUT2D eigenvalue weighted by Crippen LogP contribution is 2.33. The number of hydrogen-bond acceptors (Lipinski definition) is 3. The Bertz CT molecular complexity index is 420. The molecule has 2 rings (SSSR count). The highest BCUT2D eigenvalue weighted by molar-refractivity contribution is 14.0. The topological polar surface area (TPSA) is 46.1 Å². The maximum absolute atomic E-state index is 6.10. The zero-order valence-corrected chi connectivity index (χ0v) is 19.8. The van der Waals surface area contributed by atoms with Crippen LogP contribution < -0.4 is 5.32 Å². The Morgan fingerprint density at radius 1 is 1.15 bits per heavy atom. The van der Waals surface area contributed by atoms with Crippen LogP contribution in [0.25, 0.3) is 0 Å². The fourth-order valence-corrected chi connectivity index (χ4v) is 4.13. The normalized spacial score (nSPS) is 25.5. The molecule has 2 unspecified atom stereocenters. The average Bonchev–Trinajstić information content (AvgIpc) is 2.61. The number of nitrogens with zero attached hydrogens (tertiary/aromatic N) is 2. The lowest BCUT2D eigenvalue weighted by molar-refractivity contribution is -0.0836. The number of hydrogen-bond donors (Lipinski definition) is 1. The van der Waals surface area contributed by atoms with E-state index in [9.17, 15) is 0 Å². The van der Waals surface area contributed by atoms with Gasteiger partial charge in [-0.15, -0.1) is 24.0 Å². The van der Waals surface area contributed by atoms with Gasteiger partial charge < -0.3 is 19.7 Å². The highest BCUT2D eigenvalue weighted by Gasteiger charge is 2.35. The average molecular weight is 481 g/mol. The van der Waals surface area contributed by atoms with E-state index in [1.165, 1.54) is 25.7 Å². The van der Waals surface area contributed by atoms with E-state index >= 15 is 0 Å². The third-order valence-electron chi connectivity index (χ3n) is 5.61. The van der Waals surface area contributed by atoms with E-state index in [0.29, 0.717) is 12.0 Å². The zero-order valence-electron chi connectivity index (χ0n) is 17.4. The van der Waals surface area contributed by atoms with Gasteiger partial charge in [-0.1, -0.05) is 20.8 Å². The summed E-state index contributed by atoms with van der Waals surface area (Å²) in [5.74, 6) is 2.35. The second-order valence-corrected chi connectivity index (χ2v) is 8.75. The van der Waals surface area contributed by atoms with E-state index in [2.05, 4.69) is 43.0 Å². The second-order valence-electron chi connectivity index (χ2n) is 8.75. The third kappa shape index (κ3) is 7.50. The molecule has 5 nitrogen and oxygen atoms in total. The molecule has 0 aromatic heterocycles. The van der Waals surface area contributed by atoms with Crippen LogP contribution in [0, 0.1) is 17.3 Å². The number of aliphatic imine (C=N–C) groups is 1. The molecule has 0 bridgehead atoms. The van der Waals surface area contributed by atoms with Crippen molar-refractivity contribution in [2.45, 2.75) is 59.0 Å². The van der Waals surface area contributed by atoms with Crippen LogP contribution in [0.5, 0.6) is 0 Å². The fraction of sp³-hybridized carbons (Fsp3) is 0.950. The fourth-order valence-electron chi connectivity index (χ4n) is 4.13. The molecule has 0 spiro atoms. The van der Waals surface area contributed by atoms with Crippen LogP contribution in [-0.4, -0.2) is 64.0 Å². The Morgan fingerprint density at radius 2 is 1.85 bits per heavy atom. The van der Waals surface area contributed by atoms with Crippen molar-refractivity contribution < 1.29 is 9.47 Å². The molecule has 2 atom stereocenters. The second kappa shape index (κ2) is 11.7. The molecule has 0 amide bonds. The summed E-state index contributed by atoms with van der Waals surface area (Å²) in [4.78, 5) is 6.76. The van der Waals surface area contributed by atoms with Gasteiger partial charge in [0, 0.05) is 52.9 Å². The summed E-state index contributed by atoms with van der Waals surface area (Å²) in [5, 5.41) is 3.60. The molecule has 0 radical (unpaired) electrons. The lowest BCUT2D eigenvalue weighted by atomic mass is 9.78. The number of nitrogens with one attached hydrogen (secondary N) is 1. The van der Waals surface area contributed by atoms with Gasteiger partial charge >= 0.3 is 0 Å². The van der Waals surface area contributed by atoms with E-state index in [1.807, 2.05) is 7.05 Å². The Balaban J connectivity index is 0.00000338. The molecule has 0 saturated carbocycles. The van der Waals surface area contributed by atoms with Gasteiger partial charge in [0.1, 0.15) is 0 Å². The van der Waals surface area contributed by atoms with Gasteiger partial charge in [-0.2, -0.15) is 0 Å². The quantitative estimate of drug-likeness (QED) is 0.369. The van der Waals surface area contributed by atoms with Crippen molar-refractivity contribution in [1.29, 1.82) is 0 Å². The molecule has 154 valence electrons. The number of rotatable bonds is 5. The van der Waals surface area contributed by atoms with Crippen molar-refractivity contribution in [3.63, 3.8) is 0 Å². The number of guanidine groups is 1. The van der Waals surface area contributed by atoms with E-state index < -0.39 is 0 Å². The first-order valence-corrected chi connectivity index (χ1v) is 10.0. The van der Waals surface area contributed by atoms with Crippen molar-refractivity contribution in [2.75, 3.05) is 47.0 Å². The summed E-state index contributed by atoms with van der Waals surface area (Å²) in [5.41, 5.74) is 0.186. The maximum Gasteiger partial charge on any atom is 0.193 e. The van der Waals surface area contributed by atoms with Gasteiger partial charge in [-0.25, -0.2) is 0 Å². The van der Waals surface area contributed by atoms with Crippen molar-refractivity contribution in [3.8, 4) is 0 Å². The molecular weight excluding hydrogens is 441 g/mol. The van der Waals surface area contributed by atoms with Crippen LogP contribution in [0.2, 0.25) is 0 Å². The molecule has 6 heteroatoms.